The lowest BCUT2D eigenvalue weighted by Gasteiger charge is -2.38. The quantitative estimate of drug-likeness (QED) is 0.853. The lowest BCUT2D eigenvalue weighted by atomic mass is 9.75. The van der Waals surface area contributed by atoms with E-state index in [4.69, 9.17) is 5.73 Å². The molecule has 2 rings (SSSR count). The second-order valence-electron chi connectivity index (χ2n) is 5.56. The average molecular weight is 246 g/mol. The highest BCUT2D eigenvalue weighted by atomic mass is 16.1. The number of hydrogen-bond acceptors (Lipinski definition) is 2. The van der Waals surface area contributed by atoms with Gasteiger partial charge in [-0.2, -0.15) is 0 Å². The molecule has 18 heavy (non-hydrogen) atoms. The van der Waals surface area contributed by atoms with Gasteiger partial charge in [-0.05, 0) is 42.9 Å². The molecule has 0 spiro atoms. The van der Waals surface area contributed by atoms with Crippen LogP contribution in [0.1, 0.15) is 37.8 Å². The Kier molecular flexibility index (Phi) is 3.71. The molecular formula is C15H22N2O. The second-order valence-corrected chi connectivity index (χ2v) is 5.56. The molecule has 0 saturated heterocycles. The van der Waals surface area contributed by atoms with Gasteiger partial charge in [0.1, 0.15) is 5.54 Å². The molecule has 3 N–H and O–H groups in total. The molecule has 1 aliphatic rings. The van der Waals surface area contributed by atoms with Crippen molar-refractivity contribution < 1.29 is 4.79 Å². The first-order chi connectivity index (χ1) is 8.56. The number of benzene rings is 1. The maximum atomic E-state index is 12.0. The van der Waals surface area contributed by atoms with Crippen molar-refractivity contribution in [2.45, 2.75) is 38.6 Å². The third-order valence-corrected chi connectivity index (χ3v) is 3.71. The summed E-state index contributed by atoms with van der Waals surface area (Å²) in [7, 11) is 0. The molecule has 1 unspecified atom stereocenters. The normalized spacial score (nSPS) is 22.8. The molecule has 1 atom stereocenters. The Labute approximate surface area is 109 Å². The van der Waals surface area contributed by atoms with E-state index >= 15 is 0 Å². The summed E-state index contributed by atoms with van der Waals surface area (Å²) in [5.41, 5.74) is 7.36. The third kappa shape index (κ3) is 2.27. The zero-order chi connectivity index (χ0) is 13.2. The lowest BCUT2D eigenvalue weighted by molar-refractivity contribution is -0.125. The summed E-state index contributed by atoms with van der Waals surface area (Å²) in [6.07, 6.45) is 2.84. The number of amides is 1. The summed E-state index contributed by atoms with van der Waals surface area (Å²) in [5, 5.41) is 3.42. The molecule has 0 radical (unpaired) electrons. The minimum Gasteiger partial charge on any atom is -0.368 e. The van der Waals surface area contributed by atoms with Crippen molar-refractivity contribution in [1.82, 2.24) is 5.32 Å². The number of carbonyl (C=O) groups is 1. The van der Waals surface area contributed by atoms with E-state index in [0.717, 1.165) is 31.4 Å². The number of fused-ring (bicyclic) bond motifs is 1. The van der Waals surface area contributed by atoms with Gasteiger partial charge in [0.25, 0.3) is 0 Å². The van der Waals surface area contributed by atoms with Crippen LogP contribution in [0.15, 0.2) is 24.3 Å². The van der Waals surface area contributed by atoms with E-state index in [1.165, 1.54) is 5.56 Å². The molecule has 1 aliphatic carbocycles. The largest absolute Gasteiger partial charge is 0.368 e. The van der Waals surface area contributed by atoms with Crippen LogP contribution in [0.5, 0.6) is 0 Å². The minimum absolute atomic E-state index is 0.254. The maximum Gasteiger partial charge on any atom is 0.242 e. The van der Waals surface area contributed by atoms with Gasteiger partial charge in [0.2, 0.25) is 5.91 Å². The number of nitrogens with two attached hydrogens (primary N) is 1. The molecular weight excluding hydrogens is 224 g/mol. The summed E-state index contributed by atoms with van der Waals surface area (Å²) in [4.78, 5) is 12.0. The van der Waals surface area contributed by atoms with E-state index in [-0.39, 0.29) is 5.91 Å². The molecule has 3 nitrogen and oxygen atoms in total. The first kappa shape index (κ1) is 13.1. The molecule has 3 heteroatoms. The Balaban J connectivity index is 2.39. The predicted octanol–water partition coefficient (Wildman–Crippen LogP) is 1.95. The first-order valence-corrected chi connectivity index (χ1v) is 6.69. The Bertz CT molecular complexity index is 442. The van der Waals surface area contributed by atoms with Gasteiger partial charge in [-0.15, -0.1) is 0 Å². The number of hydrogen-bond donors (Lipinski definition) is 2. The zero-order valence-corrected chi connectivity index (χ0v) is 11.2. The van der Waals surface area contributed by atoms with Crippen molar-refractivity contribution in [3.05, 3.63) is 35.4 Å². The fraction of sp³-hybridized carbons (Fsp3) is 0.533. The van der Waals surface area contributed by atoms with Crippen LogP contribution in [0.25, 0.3) is 0 Å². The average Bonchev–Trinajstić information content (AvgIpc) is 2.36. The van der Waals surface area contributed by atoms with Gasteiger partial charge < -0.3 is 5.73 Å². The van der Waals surface area contributed by atoms with E-state index in [1.807, 2.05) is 18.2 Å². The van der Waals surface area contributed by atoms with E-state index < -0.39 is 5.54 Å². The lowest BCUT2D eigenvalue weighted by Crippen LogP contribution is -2.55. The van der Waals surface area contributed by atoms with E-state index in [1.54, 1.807) is 0 Å². The summed E-state index contributed by atoms with van der Waals surface area (Å²) in [6.45, 7) is 5.07. The highest BCUT2D eigenvalue weighted by Crippen LogP contribution is 2.35. The van der Waals surface area contributed by atoms with Crippen LogP contribution >= 0.6 is 0 Å². The second kappa shape index (κ2) is 5.11. The van der Waals surface area contributed by atoms with Crippen LogP contribution < -0.4 is 11.1 Å². The number of primary amides is 1. The van der Waals surface area contributed by atoms with E-state index in [0.29, 0.717) is 5.92 Å². The van der Waals surface area contributed by atoms with E-state index in [2.05, 4.69) is 25.2 Å². The molecule has 0 fully saturated rings. The van der Waals surface area contributed by atoms with Crippen LogP contribution in [0.4, 0.5) is 0 Å². The van der Waals surface area contributed by atoms with Crippen molar-refractivity contribution in [2.24, 2.45) is 11.7 Å². The monoisotopic (exact) mass is 246 g/mol. The van der Waals surface area contributed by atoms with Crippen molar-refractivity contribution in [2.75, 3.05) is 6.54 Å². The van der Waals surface area contributed by atoms with Gasteiger partial charge in [0.15, 0.2) is 0 Å². The first-order valence-electron chi connectivity index (χ1n) is 6.69. The Morgan fingerprint density at radius 3 is 2.83 bits per heavy atom. The van der Waals surface area contributed by atoms with Gasteiger partial charge in [0, 0.05) is 0 Å². The minimum atomic E-state index is -0.668. The fourth-order valence-electron chi connectivity index (χ4n) is 2.74. The van der Waals surface area contributed by atoms with Gasteiger partial charge in [-0.1, -0.05) is 38.1 Å². The zero-order valence-electron chi connectivity index (χ0n) is 11.2. The molecule has 0 aliphatic heterocycles. The van der Waals surface area contributed by atoms with Crippen LogP contribution in [0.3, 0.4) is 0 Å². The highest BCUT2D eigenvalue weighted by Gasteiger charge is 2.41. The predicted molar refractivity (Wildman–Crippen MR) is 73.1 cm³/mol. The summed E-state index contributed by atoms with van der Waals surface area (Å²) in [5.74, 6) is 0.241. The number of rotatable bonds is 4. The van der Waals surface area contributed by atoms with E-state index in [9.17, 15) is 4.79 Å². The number of nitrogens with one attached hydrogen (secondary N) is 1. The van der Waals surface area contributed by atoms with Gasteiger partial charge in [-0.25, -0.2) is 0 Å². The standard InChI is InChI=1S/C15H22N2O/c1-11(2)10-17-15(14(16)18)9-5-7-12-6-3-4-8-13(12)15/h3-4,6,8,11,17H,5,7,9-10H2,1-2H3,(H2,16,18). The maximum absolute atomic E-state index is 12.0. The number of carbonyl (C=O) groups excluding carboxylic acids is 1. The third-order valence-electron chi connectivity index (χ3n) is 3.71. The molecule has 1 aromatic carbocycles. The molecule has 0 aromatic heterocycles. The van der Waals surface area contributed by atoms with Crippen LogP contribution in [0, 0.1) is 5.92 Å². The summed E-state index contributed by atoms with van der Waals surface area (Å²) in [6, 6.07) is 8.15. The van der Waals surface area contributed by atoms with Crippen LogP contribution in [0.2, 0.25) is 0 Å². The highest BCUT2D eigenvalue weighted by molar-refractivity contribution is 5.87. The Hall–Kier alpha value is -1.35. The van der Waals surface area contributed by atoms with Crippen molar-refractivity contribution in [3.63, 3.8) is 0 Å². The van der Waals surface area contributed by atoms with Gasteiger partial charge in [-0.3, -0.25) is 10.1 Å². The SMILES string of the molecule is CC(C)CNC1(C(N)=O)CCCc2ccccc21. The number of aryl methyl sites for hydroxylation is 1. The van der Waals surface area contributed by atoms with Crippen LogP contribution in [-0.4, -0.2) is 12.5 Å². The summed E-state index contributed by atoms with van der Waals surface area (Å²) >= 11 is 0. The Morgan fingerprint density at radius 1 is 1.44 bits per heavy atom. The molecule has 1 aromatic rings. The van der Waals surface area contributed by atoms with Gasteiger partial charge in [0.05, 0.1) is 0 Å². The van der Waals surface area contributed by atoms with Crippen molar-refractivity contribution in [1.29, 1.82) is 0 Å². The smallest absolute Gasteiger partial charge is 0.242 e. The molecule has 0 saturated carbocycles. The Morgan fingerprint density at radius 2 is 2.17 bits per heavy atom. The molecule has 98 valence electrons. The molecule has 0 heterocycles. The van der Waals surface area contributed by atoms with Gasteiger partial charge >= 0.3 is 0 Å². The van der Waals surface area contributed by atoms with Crippen LogP contribution in [-0.2, 0) is 16.8 Å². The van der Waals surface area contributed by atoms with Crippen molar-refractivity contribution in [3.8, 4) is 0 Å². The van der Waals surface area contributed by atoms with Crippen molar-refractivity contribution >= 4 is 5.91 Å². The fourth-order valence-corrected chi connectivity index (χ4v) is 2.74. The summed E-state index contributed by atoms with van der Waals surface area (Å²) < 4.78 is 0. The topological polar surface area (TPSA) is 55.1 Å². The molecule has 0 bridgehead atoms. The molecule has 1 amide bonds.